The second-order valence-electron chi connectivity index (χ2n) is 3.15. The van der Waals surface area contributed by atoms with Crippen molar-refractivity contribution in [2.24, 2.45) is 0 Å². The van der Waals surface area contributed by atoms with Gasteiger partial charge in [-0.3, -0.25) is 4.79 Å². The highest BCUT2D eigenvalue weighted by Crippen LogP contribution is 2.04. The lowest BCUT2D eigenvalue weighted by atomic mass is 10.3. The van der Waals surface area contributed by atoms with E-state index in [2.05, 4.69) is 20.8 Å². The SMILES string of the molecule is CC[N+](CC)(CC)CC(C)=O. The highest BCUT2D eigenvalue weighted by molar-refractivity contribution is 5.76. The van der Waals surface area contributed by atoms with Gasteiger partial charge in [-0.2, -0.15) is 0 Å². The molecule has 11 heavy (non-hydrogen) atoms. The van der Waals surface area contributed by atoms with Crippen LogP contribution in [0, 0.1) is 0 Å². The third kappa shape index (κ3) is 3.02. The second-order valence-corrected chi connectivity index (χ2v) is 3.15. The summed E-state index contributed by atoms with van der Waals surface area (Å²) in [7, 11) is 0. The molecule has 0 heterocycles. The average Bonchev–Trinajstić information content (AvgIpc) is 2.00. The number of rotatable bonds is 5. The molecular formula is C9H20NO+. The number of carbonyl (C=O) groups is 1. The number of ketones is 1. The van der Waals surface area contributed by atoms with Crippen LogP contribution >= 0.6 is 0 Å². The number of nitrogens with zero attached hydrogens (tertiary/aromatic N) is 1. The first-order valence-corrected chi connectivity index (χ1v) is 4.44. The van der Waals surface area contributed by atoms with E-state index in [1.807, 2.05) is 0 Å². The molecule has 0 spiro atoms. The van der Waals surface area contributed by atoms with Crippen molar-refractivity contribution in [2.75, 3.05) is 26.2 Å². The first-order chi connectivity index (χ1) is 5.10. The Morgan fingerprint density at radius 2 is 1.45 bits per heavy atom. The molecule has 66 valence electrons. The van der Waals surface area contributed by atoms with E-state index in [0.29, 0.717) is 12.3 Å². The zero-order valence-electron chi connectivity index (χ0n) is 8.18. The summed E-state index contributed by atoms with van der Waals surface area (Å²) >= 11 is 0. The third-order valence-electron chi connectivity index (χ3n) is 2.57. The molecule has 0 N–H and O–H groups in total. The number of quaternary nitrogens is 1. The molecule has 0 aliphatic carbocycles. The van der Waals surface area contributed by atoms with Gasteiger partial charge in [0, 0.05) is 6.92 Å². The Balaban J connectivity index is 4.16. The van der Waals surface area contributed by atoms with Crippen LogP contribution in [-0.2, 0) is 4.79 Å². The molecule has 0 aromatic rings. The summed E-state index contributed by atoms with van der Waals surface area (Å²) in [5, 5.41) is 0. The summed E-state index contributed by atoms with van der Waals surface area (Å²) < 4.78 is 0.940. The zero-order valence-corrected chi connectivity index (χ0v) is 8.18. The topological polar surface area (TPSA) is 17.1 Å². The molecule has 0 radical (unpaired) electrons. The minimum Gasteiger partial charge on any atom is -0.318 e. The van der Waals surface area contributed by atoms with Crippen LogP contribution in [0.4, 0.5) is 0 Å². The van der Waals surface area contributed by atoms with Crippen LogP contribution in [0.1, 0.15) is 27.7 Å². The predicted octanol–water partition coefficient (Wildman–Crippen LogP) is 1.45. The number of hydrogen-bond acceptors (Lipinski definition) is 1. The van der Waals surface area contributed by atoms with Crippen molar-refractivity contribution in [1.82, 2.24) is 0 Å². The molecule has 0 amide bonds. The zero-order chi connectivity index (χ0) is 8.91. The number of likely N-dealkylation sites (N-methyl/N-ethyl adjacent to an activating group) is 1. The summed E-state index contributed by atoms with van der Waals surface area (Å²) in [6, 6.07) is 0. The summed E-state index contributed by atoms with van der Waals surface area (Å²) in [5.74, 6) is 0.301. The molecule has 0 saturated heterocycles. The van der Waals surface area contributed by atoms with Crippen molar-refractivity contribution in [1.29, 1.82) is 0 Å². The molecule has 0 atom stereocenters. The maximum Gasteiger partial charge on any atom is 0.183 e. The van der Waals surface area contributed by atoms with E-state index in [1.165, 1.54) is 0 Å². The van der Waals surface area contributed by atoms with Crippen LogP contribution in [0.5, 0.6) is 0 Å². The Kier molecular flexibility index (Phi) is 4.34. The predicted molar refractivity (Wildman–Crippen MR) is 47.4 cm³/mol. The fraction of sp³-hybridized carbons (Fsp3) is 0.889. The molecule has 0 aliphatic heterocycles. The van der Waals surface area contributed by atoms with Crippen LogP contribution in [0.3, 0.4) is 0 Å². The fourth-order valence-electron chi connectivity index (χ4n) is 1.48. The van der Waals surface area contributed by atoms with Gasteiger partial charge in [0.15, 0.2) is 5.78 Å². The molecule has 0 unspecified atom stereocenters. The molecular weight excluding hydrogens is 138 g/mol. The molecule has 0 aromatic carbocycles. The average molecular weight is 158 g/mol. The van der Waals surface area contributed by atoms with E-state index < -0.39 is 0 Å². The lowest BCUT2D eigenvalue weighted by Crippen LogP contribution is -2.50. The van der Waals surface area contributed by atoms with Gasteiger partial charge in [-0.15, -0.1) is 0 Å². The maximum absolute atomic E-state index is 10.9. The molecule has 0 fully saturated rings. The lowest BCUT2D eigenvalue weighted by molar-refractivity contribution is -0.915. The standard InChI is InChI=1S/C9H20NO/c1-5-10(6-2,7-3)8-9(4)11/h5-8H2,1-4H3/q+1. The van der Waals surface area contributed by atoms with Gasteiger partial charge >= 0.3 is 0 Å². The van der Waals surface area contributed by atoms with Crippen LogP contribution in [0.2, 0.25) is 0 Å². The van der Waals surface area contributed by atoms with Crippen LogP contribution < -0.4 is 0 Å². The van der Waals surface area contributed by atoms with Crippen molar-refractivity contribution in [3.05, 3.63) is 0 Å². The normalized spacial score (nSPS) is 11.6. The largest absolute Gasteiger partial charge is 0.318 e. The van der Waals surface area contributed by atoms with E-state index in [4.69, 9.17) is 0 Å². The van der Waals surface area contributed by atoms with E-state index in [1.54, 1.807) is 6.92 Å². The third-order valence-corrected chi connectivity index (χ3v) is 2.57. The van der Waals surface area contributed by atoms with Gasteiger partial charge in [-0.25, -0.2) is 0 Å². The molecule has 0 rings (SSSR count). The summed E-state index contributed by atoms with van der Waals surface area (Å²) in [6.07, 6.45) is 0. The maximum atomic E-state index is 10.9. The van der Waals surface area contributed by atoms with Crippen molar-refractivity contribution < 1.29 is 9.28 Å². The van der Waals surface area contributed by atoms with Gasteiger partial charge in [0.05, 0.1) is 19.6 Å². The smallest absolute Gasteiger partial charge is 0.183 e. The minimum atomic E-state index is 0.301. The minimum absolute atomic E-state index is 0.301. The van der Waals surface area contributed by atoms with Gasteiger partial charge in [0.1, 0.15) is 6.54 Å². The van der Waals surface area contributed by atoms with Gasteiger partial charge in [0.25, 0.3) is 0 Å². The van der Waals surface area contributed by atoms with E-state index in [0.717, 1.165) is 24.1 Å². The first kappa shape index (κ1) is 10.6. The fourth-order valence-corrected chi connectivity index (χ4v) is 1.48. The Bertz CT molecular complexity index is 119. The van der Waals surface area contributed by atoms with E-state index in [-0.39, 0.29) is 0 Å². The summed E-state index contributed by atoms with van der Waals surface area (Å²) in [5.41, 5.74) is 0. The first-order valence-electron chi connectivity index (χ1n) is 4.44. The molecule has 0 aliphatic rings. The second kappa shape index (κ2) is 4.50. The number of hydrogen-bond donors (Lipinski definition) is 0. The van der Waals surface area contributed by atoms with Gasteiger partial charge in [0.2, 0.25) is 0 Å². The quantitative estimate of drug-likeness (QED) is 0.553. The number of carbonyl (C=O) groups excluding carboxylic acids is 1. The van der Waals surface area contributed by atoms with Gasteiger partial charge in [-0.05, 0) is 20.8 Å². The van der Waals surface area contributed by atoms with Crippen LogP contribution in [-0.4, -0.2) is 36.4 Å². The Morgan fingerprint density at radius 3 is 1.55 bits per heavy atom. The molecule has 0 aromatic heterocycles. The highest BCUT2D eigenvalue weighted by atomic mass is 16.1. The van der Waals surface area contributed by atoms with Crippen molar-refractivity contribution in [2.45, 2.75) is 27.7 Å². The molecule has 0 bridgehead atoms. The molecule has 0 saturated carbocycles. The highest BCUT2D eigenvalue weighted by Gasteiger charge is 2.21. The van der Waals surface area contributed by atoms with Crippen LogP contribution in [0.25, 0.3) is 0 Å². The van der Waals surface area contributed by atoms with Gasteiger partial charge in [-0.1, -0.05) is 0 Å². The number of Topliss-reactive ketones (excluding diaryl/α,β-unsaturated/α-hetero) is 1. The molecule has 2 nitrogen and oxygen atoms in total. The van der Waals surface area contributed by atoms with Crippen molar-refractivity contribution in [3.63, 3.8) is 0 Å². The van der Waals surface area contributed by atoms with Crippen molar-refractivity contribution >= 4 is 5.78 Å². The van der Waals surface area contributed by atoms with E-state index in [9.17, 15) is 4.79 Å². The lowest BCUT2D eigenvalue weighted by Gasteiger charge is -2.34. The summed E-state index contributed by atoms with van der Waals surface area (Å²) in [4.78, 5) is 10.9. The van der Waals surface area contributed by atoms with Crippen molar-refractivity contribution in [3.8, 4) is 0 Å². The summed E-state index contributed by atoms with van der Waals surface area (Å²) in [6.45, 7) is 12.0. The van der Waals surface area contributed by atoms with E-state index >= 15 is 0 Å². The Hall–Kier alpha value is -0.370. The Labute approximate surface area is 69.8 Å². The van der Waals surface area contributed by atoms with Gasteiger partial charge < -0.3 is 4.48 Å². The molecule has 2 heteroatoms. The monoisotopic (exact) mass is 158 g/mol. The Morgan fingerprint density at radius 1 is 1.09 bits per heavy atom. The van der Waals surface area contributed by atoms with Crippen LogP contribution in [0.15, 0.2) is 0 Å².